The van der Waals surface area contributed by atoms with E-state index in [2.05, 4.69) is 75.8 Å². The molecule has 0 bridgehead atoms. The largest absolute Gasteiger partial charge is 1.00 e. The highest BCUT2D eigenvalue weighted by Gasteiger charge is 2.35. The lowest BCUT2D eigenvalue weighted by Crippen LogP contribution is -3.00. The fraction of sp³-hybridized carbons (Fsp3) is 0.526. The van der Waals surface area contributed by atoms with Gasteiger partial charge in [0.15, 0.2) is 18.3 Å². The van der Waals surface area contributed by atoms with Gasteiger partial charge in [-0.1, -0.05) is 28.1 Å². The average molecular weight is 442 g/mol. The Hall–Kier alpha value is -0.610. The number of likely N-dealkylation sites (tertiary alicyclic amines) is 1. The van der Waals surface area contributed by atoms with Crippen molar-refractivity contribution in [2.75, 3.05) is 13.1 Å². The molecular weight excluding hydrogens is 416 g/mol. The van der Waals surface area contributed by atoms with Crippen molar-refractivity contribution in [1.29, 1.82) is 0 Å². The zero-order valence-corrected chi connectivity index (χ0v) is 17.2. The van der Waals surface area contributed by atoms with Crippen molar-refractivity contribution in [2.45, 2.75) is 51.6 Å². The predicted octanol–water partition coefficient (Wildman–Crippen LogP) is 1.59. The van der Waals surface area contributed by atoms with Gasteiger partial charge in [0.25, 0.3) is 0 Å². The first-order chi connectivity index (χ1) is 10.5. The molecule has 3 rings (SSSR count). The van der Waals surface area contributed by atoms with Crippen LogP contribution < -0.4 is 17.0 Å². The second-order valence-corrected chi connectivity index (χ2v) is 8.01. The summed E-state index contributed by atoms with van der Waals surface area (Å²) >= 11 is 3.51. The highest BCUT2D eigenvalue weighted by Crippen LogP contribution is 2.28. The number of hydrogen-bond donors (Lipinski definition) is 0. The first-order valence-corrected chi connectivity index (χ1v) is 9.14. The molecule has 2 aliphatic heterocycles. The van der Waals surface area contributed by atoms with Crippen LogP contribution >= 0.6 is 15.9 Å². The van der Waals surface area contributed by atoms with Crippen LogP contribution in [-0.2, 0) is 6.54 Å². The van der Waals surface area contributed by atoms with Gasteiger partial charge in [0.1, 0.15) is 0 Å². The molecule has 0 amide bonds. The van der Waals surface area contributed by atoms with Crippen LogP contribution in [0, 0.1) is 0 Å². The summed E-state index contributed by atoms with van der Waals surface area (Å²) in [6, 6.07) is 8.66. The first kappa shape index (κ1) is 18.7. The van der Waals surface area contributed by atoms with Gasteiger partial charge < -0.3 is 21.9 Å². The molecule has 23 heavy (non-hydrogen) atoms. The van der Waals surface area contributed by atoms with E-state index >= 15 is 0 Å². The minimum Gasteiger partial charge on any atom is -1.00 e. The van der Waals surface area contributed by atoms with Gasteiger partial charge in [0.2, 0.25) is 0 Å². The van der Waals surface area contributed by atoms with Crippen LogP contribution in [0.2, 0.25) is 0 Å². The third-order valence-corrected chi connectivity index (χ3v) is 5.40. The number of rotatable bonds is 3. The maximum Gasteiger partial charge on any atom is 0.168 e. The van der Waals surface area contributed by atoms with E-state index in [0.29, 0.717) is 0 Å². The quantitative estimate of drug-likeness (QED) is 0.645. The second-order valence-electron chi connectivity index (χ2n) is 7.10. The van der Waals surface area contributed by atoms with E-state index in [4.69, 9.17) is 0 Å². The summed E-state index contributed by atoms with van der Waals surface area (Å²) in [4.78, 5) is 2.60. The summed E-state index contributed by atoms with van der Waals surface area (Å²) in [5.74, 6) is 0. The Morgan fingerprint density at radius 1 is 1.09 bits per heavy atom. The first-order valence-electron chi connectivity index (χ1n) is 8.35. The standard InChI is InChI=1S/C19H26BrN2.BrH/c1-19(2)14-18(21-11-4-3-5-12-21)10-13-22(19)15-16-6-8-17(20)9-7-16;/h6-10,13H,3-5,11-12,14-15H2,1-2H3;1H/q+1;/p-1. The Bertz CT molecular complexity index is 582. The summed E-state index contributed by atoms with van der Waals surface area (Å²) in [5.41, 5.74) is 3.06. The zero-order valence-electron chi connectivity index (χ0n) is 14.1. The molecular formula is C19H26Br2N2. The van der Waals surface area contributed by atoms with E-state index in [1.807, 2.05) is 0 Å². The lowest BCUT2D eigenvalue weighted by atomic mass is 9.92. The van der Waals surface area contributed by atoms with Gasteiger partial charge >= 0.3 is 0 Å². The molecule has 0 aliphatic carbocycles. The SMILES string of the molecule is CC1(C)CC(N2CCCCC2)=CC=[N+]1Cc1ccc(Br)cc1.[Br-]. The Balaban J connectivity index is 0.00000192. The van der Waals surface area contributed by atoms with Crippen molar-refractivity contribution in [2.24, 2.45) is 0 Å². The Labute approximate surface area is 159 Å². The summed E-state index contributed by atoms with van der Waals surface area (Å²) < 4.78 is 3.62. The van der Waals surface area contributed by atoms with Crippen LogP contribution in [0.25, 0.3) is 0 Å². The van der Waals surface area contributed by atoms with E-state index in [9.17, 15) is 0 Å². The molecule has 2 nitrogen and oxygen atoms in total. The number of hydrogen-bond acceptors (Lipinski definition) is 1. The molecule has 1 aromatic carbocycles. The smallest absolute Gasteiger partial charge is 0.168 e. The third kappa shape index (κ3) is 4.69. The van der Waals surface area contributed by atoms with Crippen LogP contribution in [0.4, 0.5) is 0 Å². The Morgan fingerprint density at radius 2 is 1.74 bits per heavy atom. The van der Waals surface area contributed by atoms with Crippen LogP contribution in [-0.4, -0.2) is 34.3 Å². The van der Waals surface area contributed by atoms with Crippen molar-refractivity contribution in [3.05, 3.63) is 46.1 Å². The monoisotopic (exact) mass is 440 g/mol. The van der Waals surface area contributed by atoms with E-state index in [0.717, 1.165) is 17.4 Å². The van der Waals surface area contributed by atoms with Gasteiger partial charge in [-0.2, -0.15) is 0 Å². The van der Waals surface area contributed by atoms with Crippen LogP contribution in [0.1, 0.15) is 45.1 Å². The van der Waals surface area contributed by atoms with Crippen LogP contribution in [0.5, 0.6) is 0 Å². The van der Waals surface area contributed by atoms with Crippen LogP contribution in [0.15, 0.2) is 40.5 Å². The maximum absolute atomic E-state index is 3.51. The van der Waals surface area contributed by atoms with Crippen molar-refractivity contribution in [3.8, 4) is 0 Å². The molecule has 0 saturated carbocycles. The molecule has 0 atom stereocenters. The molecule has 126 valence electrons. The van der Waals surface area contributed by atoms with E-state index in [-0.39, 0.29) is 22.5 Å². The highest BCUT2D eigenvalue weighted by molar-refractivity contribution is 9.10. The minimum absolute atomic E-state index is 0. The molecule has 4 heteroatoms. The van der Waals surface area contributed by atoms with E-state index in [1.165, 1.54) is 43.6 Å². The molecule has 0 radical (unpaired) electrons. The summed E-state index contributed by atoms with van der Waals surface area (Å²) in [6.45, 7) is 8.17. The molecule has 1 aromatic rings. The number of piperidine rings is 1. The topological polar surface area (TPSA) is 6.25 Å². The minimum atomic E-state index is 0. The molecule has 0 unspecified atom stereocenters. The average Bonchev–Trinajstić information content (AvgIpc) is 2.52. The number of halogens is 2. The second kappa shape index (κ2) is 7.98. The lowest BCUT2D eigenvalue weighted by Gasteiger charge is -2.36. The van der Waals surface area contributed by atoms with Crippen molar-refractivity contribution in [3.63, 3.8) is 0 Å². The Kier molecular flexibility index (Phi) is 6.49. The van der Waals surface area contributed by atoms with Crippen LogP contribution in [0.3, 0.4) is 0 Å². The molecule has 1 saturated heterocycles. The molecule has 2 aliphatic rings. The predicted molar refractivity (Wildman–Crippen MR) is 96.4 cm³/mol. The number of allylic oxidation sites excluding steroid dienone is 1. The lowest BCUT2D eigenvalue weighted by molar-refractivity contribution is -0.612. The third-order valence-electron chi connectivity index (χ3n) is 4.87. The summed E-state index contributed by atoms with van der Waals surface area (Å²) in [7, 11) is 0. The summed E-state index contributed by atoms with van der Waals surface area (Å²) in [6.07, 6.45) is 9.87. The van der Waals surface area contributed by atoms with Crippen molar-refractivity contribution in [1.82, 2.24) is 4.90 Å². The van der Waals surface area contributed by atoms with Gasteiger partial charge in [-0.15, -0.1) is 0 Å². The molecule has 1 fully saturated rings. The zero-order chi connectivity index (χ0) is 15.6. The van der Waals surface area contributed by atoms with Gasteiger partial charge in [-0.25, -0.2) is 4.58 Å². The highest BCUT2D eigenvalue weighted by atomic mass is 79.9. The fourth-order valence-electron chi connectivity index (χ4n) is 3.43. The van der Waals surface area contributed by atoms with Gasteiger partial charge in [0.05, 0.1) is 6.42 Å². The molecule has 0 aromatic heterocycles. The van der Waals surface area contributed by atoms with Gasteiger partial charge in [-0.3, -0.25) is 0 Å². The fourth-order valence-corrected chi connectivity index (χ4v) is 3.70. The van der Waals surface area contributed by atoms with Gasteiger partial charge in [0, 0.05) is 48.7 Å². The number of nitrogens with zero attached hydrogens (tertiary/aromatic N) is 2. The molecule has 0 N–H and O–H groups in total. The normalized spacial score (nSPS) is 20.4. The molecule has 0 spiro atoms. The summed E-state index contributed by atoms with van der Waals surface area (Å²) in [5, 5.41) is 0. The van der Waals surface area contributed by atoms with E-state index in [1.54, 1.807) is 0 Å². The number of benzene rings is 1. The van der Waals surface area contributed by atoms with Gasteiger partial charge in [-0.05, 0) is 31.4 Å². The molecule has 2 heterocycles. The van der Waals surface area contributed by atoms with E-state index < -0.39 is 0 Å². The van der Waals surface area contributed by atoms with Crippen molar-refractivity contribution >= 4 is 22.1 Å². The maximum atomic E-state index is 3.51. The van der Waals surface area contributed by atoms with Crippen molar-refractivity contribution < 1.29 is 21.6 Å². The Morgan fingerprint density at radius 3 is 2.35 bits per heavy atom.